The summed E-state index contributed by atoms with van der Waals surface area (Å²) in [5.74, 6) is 0.337. The summed E-state index contributed by atoms with van der Waals surface area (Å²) in [5.41, 5.74) is 1.04. The number of carbonyl (C=O) groups is 1. The van der Waals surface area contributed by atoms with E-state index in [0.717, 1.165) is 26.1 Å². The van der Waals surface area contributed by atoms with E-state index in [1.54, 1.807) is 0 Å². The number of benzene rings is 1. The quantitative estimate of drug-likeness (QED) is 0.897. The number of hydrogen-bond acceptors (Lipinski definition) is 2. The molecule has 0 aromatic heterocycles. The van der Waals surface area contributed by atoms with Crippen molar-refractivity contribution in [3.63, 3.8) is 0 Å². The lowest BCUT2D eigenvalue weighted by atomic mass is 9.88. The topological polar surface area (TPSA) is 32.3 Å². The van der Waals surface area contributed by atoms with Crippen molar-refractivity contribution >= 4 is 5.91 Å². The maximum absolute atomic E-state index is 12.8. The highest BCUT2D eigenvalue weighted by Gasteiger charge is 2.43. The van der Waals surface area contributed by atoms with E-state index >= 15 is 0 Å². The van der Waals surface area contributed by atoms with Crippen LogP contribution in [0.25, 0.3) is 0 Å². The first kappa shape index (κ1) is 12.7. The minimum absolute atomic E-state index is 0.197. The molecule has 3 rings (SSSR count). The number of amides is 1. The summed E-state index contributed by atoms with van der Waals surface area (Å²) in [6, 6.07) is 10.8. The van der Waals surface area contributed by atoms with Crippen molar-refractivity contribution in [2.45, 2.75) is 38.8 Å². The Balaban J connectivity index is 1.76. The monoisotopic (exact) mass is 258 g/mol. The minimum Gasteiger partial charge on any atom is -0.335 e. The molecule has 2 aliphatic rings. The summed E-state index contributed by atoms with van der Waals surface area (Å²) < 4.78 is 0. The average molecular weight is 258 g/mol. The Morgan fingerprint density at radius 2 is 2.11 bits per heavy atom. The molecule has 1 saturated heterocycles. The molecule has 1 unspecified atom stereocenters. The van der Waals surface area contributed by atoms with Gasteiger partial charge < -0.3 is 10.2 Å². The molecule has 102 valence electrons. The Morgan fingerprint density at radius 3 is 2.68 bits per heavy atom. The molecule has 1 atom stereocenters. The Morgan fingerprint density at radius 1 is 1.37 bits per heavy atom. The molecule has 1 aliphatic carbocycles. The van der Waals surface area contributed by atoms with E-state index in [1.165, 1.54) is 18.4 Å². The second-order valence-corrected chi connectivity index (χ2v) is 6.14. The van der Waals surface area contributed by atoms with Crippen LogP contribution in [0, 0.1) is 5.41 Å². The molecule has 0 bridgehead atoms. The highest BCUT2D eigenvalue weighted by Crippen LogP contribution is 2.35. The van der Waals surface area contributed by atoms with Crippen molar-refractivity contribution in [1.82, 2.24) is 10.2 Å². The molecule has 1 aromatic carbocycles. The third-order valence-corrected chi connectivity index (χ3v) is 4.33. The molecular formula is C16H22N2O. The number of carbonyl (C=O) groups excluding carboxylic acids is 1. The van der Waals surface area contributed by atoms with Crippen molar-refractivity contribution in [3.8, 4) is 0 Å². The third-order valence-electron chi connectivity index (χ3n) is 4.33. The zero-order chi connectivity index (χ0) is 13.3. The molecular weight excluding hydrogens is 236 g/mol. The molecule has 19 heavy (non-hydrogen) atoms. The molecule has 1 saturated carbocycles. The van der Waals surface area contributed by atoms with Gasteiger partial charge in [0.2, 0.25) is 5.91 Å². The van der Waals surface area contributed by atoms with E-state index in [4.69, 9.17) is 0 Å². The third kappa shape index (κ3) is 2.66. The molecule has 1 aromatic rings. The molecule has 1 heterocycles. The maximum Gasteiger partial charge on any atom is 0.230 e. The predicted octanol–water partition coefficient (Wildman–Crippen LogP) is 2.18. The van der Waals surface area contributed by atoms with Crippen LogP contribution in [0.4, 0.5) is 0 Å². The minimum atomic E-state index is -0.197. The van der Waals surface area contributed by atoms with Crippen LogP contribution in [-0.2, 0) is 11.3 Å². The summed E-state index contributed by atoms with van der Waals surface area (Å²) in [4.78, 5) is 15.0. The van der Waals surface area contributed by atoms with E-state index in [-0.39, 0.29) is 5.41 Å². The molecule has 3 nitrogen and oxygen atoms in total. The summed E-state index contributed by atoms with van der Waals surface area (Å²) in [5, 5.41) is 3.32. The Hall–Kier alpha value is -1.35. The van der Waals surface area contributed by atoms with Crippen LogP contribution in [-0.4, -0.2) is 29.9 Å². The molecule has 3 heteroatoms. The molecule has 2 fully saturated rings. The van der Waals surface area contributed by atoms with Gasteiger partial charge in [0.05, 0.1) is 5.41 Å². The first-order valence-corrected chi connectivity index (χ1v) is 7.25. The van der Waals surface area contributed by atoms with Gasteiger partial charge in [-0.2, -0.15) is 0 Å². The summed E-state index contributed by atoms with van der Waals surface area (Å²) in [7, 11) is 0. The van der Waals surface area contributed by atoms with Crippen molar-refractivity contribution in [2.75, 3.05) is 13.1 Å². The lowest BCUT2D eigenvalue weighted by Crippen LogP contribution is -2.44. The van der Waals surface area contributed by atoms with Crippen molar-refractivity contribution in [3.05, 3.63) is 35.9 Å². The molecule has 0 radical (unpaired) electrons. The average Bonchev–Trinajstić information content (AvgIpc) is 3.18. The van der Waals surface area contributed by atoms with E-state index in [1.807, 2.05) is 18.2 Å². The van der Waals surface area contributed by atoms with Crippen molar-refractivity contribution in [1.29, 1.82) is 0 Å². The van der Waals surface area contributed by atoms with Crippen LogP contribution in [0.3, 0.4) is 0 Å². The number of rotatable bonds is 4. The van der Waals surface area contributed by atoms with Crippen LogP contribution in [0.2, 0.25) is 0 Å². The second-order valence-electron chi connectivity index (χ2n) is 6.14. The largest absolute Gasteiger partial charge is 0.335 e. The zero-order valence-corrected chi connectivity index (χ0v) is 11.6. The first-order valence-electron chi connectivity index (χ1n) is 7.25. The van der Waals surface area contributed by atoms with Gasteiger partial charge in [-0.25, -0.2) is 0 Å². The van der Waals surface area contributed by atoms with Crippen LogP contribution in [0.15, 0.2) is 30.3 Å². The van der Waals surface area contributed by atoms with Crippen LogP contribution >= 0.6 is 0 Å². The number of nitrogens with one attached hydrogen (secondary N) is 1. The fraction of sp³-hybridized carbons (Fsp3) is 0.562. The number of nitrogens with zero attached hydrogens (tertiary/aromatic N) is 1. The second kappa shape index (κ2) is 4.97. The van der Waals surface area contributed by atoms with Crippen LogP contribution in [0.1, 0.15) is 31.7 Å². The number of hydrogen-bond donors (Lipinski definition) is 1. The van der Waals surface area contributed by atoms with Gasteiger partial charge in [0, 0.05) is 19.1 Å². The fourth-order valence-electron chi connectivity index (χ4n) is 2.88. The van der Waals surface area contributed by atoms with Crippen molar-refractivity contribution in [2.24, 2.45) is 5.41 Å². The lowest BCUT2D eigenvalue weighted by Gasteiger charge is -2.31. The van der Waals surface area contributed by atoms with E-state index in [9.17, 15) is 4.79 Å². The van der Waals surface area contributed by atoms with Crippen LogP contribution in [0.5, 0.6) is 0 Å². The van der Waals surface area contributed by atoms with E-state index in [2.05, 4.69) is 29.3 Å². The standard InChI is InChI=1S/C16H22N2O/c1-16(9-10-17-12-16)15(19)18(14-7-8-14)11-13-5-3-2-4-6-13/h2-6,14,17H,7-12H2,1H3. The van der Waals surface area contributed by atoms with Gasteiger partial charge in [-0.05, 0) is 38.3 Å². The summed E-state index contributed by atoms with van der Waals surface area (Å²) in [6.45, 7) is 4.66. The van der Waals surface area contributed by atoms with Gasteiger partial charge in [0.15, 0.2) is 0 Å². The molecule has 1 N–H and O–H groups in total. The predicted molar refractivity (Wildman–Crippen MR) is 75.6 cm³/mol. The summed E-state index contributed by atoms with van der Waals surface area (Å²) >= 11 is 0. The van der Waals surface area contributed by atoms with Gasteiger partial charge in [0.1, 0.15) is 0 Å². The Bertz CT molecular complexity index is 447. The highest BCUT2D eigenvalue weighted by atomic mass is 16.2. The molecule has 0 spiro atoms. The maximum atomic E-state index is 12.8. The Labute approximate surface area is 115 Å². The van der Waals surface area contributed by atoms with Gasteiger partial charge >= 0.3 is 0 Å². The van der Waals surface area contributed by atoms with Gasteiger partial charge in [-0.15, -0.1) is 0 Å². The SMILES string of the molecule is CC1(C(=O)N(Cc2ccccc2)C2CC2)CCNC1. The summed E-state index contributed by atoms with van der Waals surface area (Å²) in [6.07, 6.45) is 3.30. The zero-order valence-electron chi connectivity index (χ0n) is 11.6. The smallest absolute Gasteiger partial charge is 0.230 e. The highest BCUT2D eigenvalue weighted by molar-refractivity contribution is 5.83. The first-order chi connectivity index (χ1) is 9.19. The van der Waals surface area contributed by atoms with E-state index < -0.39 is 0 Å². The normalized spacial score (nSPS) is 26.4. The lowest BCUT2D eigenvalue weighted by molar-refractivity contribution is -0.141. The van der Waals surface area contributed by atoms with Crippen LogP contribution < -0.4 is 5.32 Å². The van der Waals surface area contributed by atoms with Crippen molar-refractivity contribution < 1.29 is 4.79 Å². The molecule has 1 aliphatic heterocycles. The van der Waals surface area contributed by atoms with Gasteiger partial charge in [-0.3, -0.25) is 4.79 Å². The van der Waals surface area contributed by atoms with Gasteiger partial charge in [-0.1, -0.05) is 30.3 Å². The van der Waals surface area contributed by atoms with E-state index in [0.29, 0.717) is 11.9 Å². The fourth-order valence-corrected chi connectivity index (χ4v) is 2.88. The molecule has 1 amide bonds. The Kier molecular flexibility index (Phi) is 3.31. The van der Waals surface area contributed by atoms with Gasteiger partial charge in [0.25, 0.3) is 0 Å².